The first-order chi connectivity index (χ1) is 13.7. The maximum Gasteiger partial charge on any atom is 0.326 e. The molecule has 0 aromatic heterocycles. The third kappa shape index (κ3) is 4.77. The molecular weight excluding hydrogens is 442 g/mol. The average molecular weight is 466 g/mol. The number of nitrogens with zero attached hydrogens (tertiary/aromatic N) is 1. The van der Waals surface area contributed by atoms with Crippen LogP contribution in [0.5, 0.6) is 0 Å². The summed E-state index contributed by atoms with van der Waals surface area (Å²) in [5.41, 5.74) is 0.624. The van der Waals surface area contributed by atoms with Gasteiger partial charge in [-0.3, -0.25) is 19.3 Å². The minimum absolute atomic E-state index is 0.388. The van der Waals surface area contributed by atoms with Gasteiger partial charge in [0.2, 0.25) is 0 Å². The molecule has 29 heavy (non-hydrogen) atoms. The molecule has 3 rings (SSSR count). The number of esters is 1. The molecule has 2 aliphatic rings. The van der Waals surface area contributed by atoms with Crippen LogP contribution < -0.4 is 10.6 Å². The number of ether oxygens (including phenoxy) is 1. The van der Waals surface area contributed by atoms with Gasteiger partial charge in [0.15, 0.2) is 6.61 Å². The van der Waals surface area contributed by atoms with E-state index in [9.17, 15) is 19.2 Å². The van der Waals surface area contributed by atoms with Crippen molar-refractivity contribution in [3.05, 3.63) is 28.2 Å². The Bertz CT molecular complexity index is 849. The van der Waals surface area contributed by atoms with Crippen molar-refractivity contribution in [1.82, 2.24) is 10.2 Å². The van der Waals surface area contributed by atoms with Crippen molar-refractivity contribution in [2.24, 2.45) is 5.92 Å². The molecule has 0 bridgehead atoms. The Morgan fingerprint density at radius 1 is 1.31 bits per heavy atom. The van der Waals surface area contributed by atoms with Crippen LogP contribution in [-0.4, -0.2) is 47.4 Å². The standard InChI is InChI=1S/C20H24BrN3O5/c1-12-5-7-20(8-6-12)18(27)24(19(28)23-20)10-17(26)29-11-16(25)22-14-3-4-15(21)13(2)9-14/h3-4,9,12H,5-8,10-11H2,1-2H3,(H,22,25)(H,23,28). The number of hydrogen-bond donors (Lipinski definition) is 2. The number of aryl methyl sites for hydroxylation is 1. The highest BCUT2D eigenvalue weighted by Gasteiger charge is 2.52. The molecule has 1 spiro atoms. The Hall–Kier alpha value is -2.42. The number of halogens is 1. The summed E-state index contributed by atoms with van der Waals surface area (Å²) in [4.78, 5) is 49.9. The van der Waals surface area contributed by atoms with Gasteiger partial charge in [0.1, 0.15) is 12.1 Å². The van der Waals surface area contributed by atoms with Gasteiger partial charge < -0.3 is 15.4 Å². The Labute approximate surface area is 177 Å². The zero-order chi connectivity index (χ0) is 21.2. The molecule has 9 heteroatoms. The van der Waals surface area contributed by atoms with Gasteiger partial charge >= 0.3 is 12.0 Å². The first kappa shape index (κ1) is 21.3. The number of carbonyl (C=O) groups excluding carboxylic acids is 4. The highest BCUT2D eigenvalue weighted by atomic mass is 79.9. The zero-order valence-electron chi connectivity index (χ0n) is 16.4. The van der Waals surface area contributed by atoms with E-state index >= 15 is 0 Å². The number of carbonyl (C=O) groups is 4. The van der Waals surface area contributed by atoms with Crippen LogP contribution in [0, 0.1) is 12.8 Å². The molecule has 1 heterocycles. The van der Waals surface area contributed by atoms with Crippen LogP contribution in [0.1, 0.15) is 38.2 Å². The molecule has 156 valence electrons. The fourth-order valence-corrected chi connectivity index (χ4v) is 3.90. The predicted octanol–water partition coefficient (Wildman–Crippen LogP) is 2.74. The molecule has 1 saturated carbocycles. The second kappa shape index (κ2) is 8.52. The fourth-order valence-electron chi connectivity index (χ4n) is 3.65. The minimum Gasteiger partial charge on any atom is -0.454 e. The second-order valence-corrected chi connectivity index (χ2v) is 8.61. The highest BCUT2D eigenvalue weighted by Crippen LogP contribution is 2.36. The van der Waals surface area contributed by atoms with Gasteiger partial charge in [0.05, 0.1) is 0 Å². The minimum atomic E-state index is -0.902. The second-order valence-electron chi connectivity index (χ2n) is 7.76. The Morgan fingerprint density at radius 3 is 2.66 bits per heavy atom. The third-order valence-corrected chi connectivity index (χ3v) is 6.36. The Balaban J connectivity index is 1.50. The van der Waals surface area contributed by atoms with E-state index < -0.39 is 36.6 Å². The van der Waals surface area contributed by atoms with Crippen LogP contribution in [-0.2, 0) is 19.1 Å². The molecule has 0 atom stereocenters. The van der Waals surface area contributed by atoms with Crippen LogP contribution in [0.3, 0.4) is 0 Å². The number of nitrogens with one attached hydrogen (secondary N) is 2. The van der Waals surface area contributed by atoms with Gasteiger partial charge in [0, 0.05) is 10.2 Å². The lowest BCUT2D eigenvalue weighted by atomic mass is 9.77. The number of amides is 4. The van der Waals surface area contributed by atoms with Gasteiger partial charge in [-0.25, -0.2) is 4.79 Å². The van der Waals surface area contributed by atoms with Gasteiger partial charge in [-0.1, -0.05) is 22.9 Å². The van der Waals surface area contributed by atoms with E-state index in [2.05, 4.69) is 33.5 Å². The van der Waals surface area contributed by atoms with Crippen LogP contribution >= 0.6 is 15.9 Å². The number of urea groups is 1. The number of hydrogen-bond acceptors (Lipinski definition) is 5. The van der Waals surface area contributed by atoms with Crippen LogP contribution in [0.2, 0.25) is 0 Å². The maximum atomic E-state index is 12.7. The average Bonchev–Trinajstić information content (AvgIpc) is 2.90. The monoisotopic (exact) mass is 465 g/mol. The molecular formula is C20H24BrN3O5. The van der Waals surface area contributed by atoms with Gasteiger partial charge in [-0.05, 0) is 62.3 Å². The molecule has 4 amide bonds. The first-order valence-electron chi connectivity index (χ1n) is 9.56. The van der Waals surface area contributed by atoms with E-state index in [1.54, 1.807) is 18.2 Å². The van der Waals surface area contributed by atoms with E-state index in [-0.39, 0.29) is 5.91 Å². The number of imide groups is 1. The topological polar surface area (TPSA) is 105 Å². The van der Waals surface area contributed by atoms with Crippen LogP contribution in [0.4, 0.5) is 10.5 Å². The van der Waals surface area contributed by atoms with E-state index in [1.165, 1.54) is 0 Å². The Morgan fingerprint density at radius 2 is 2.00 bits per heavy atom. The van der Waals surface area contributed by atoms with Crippen molar-refractivity contribution >= 4 is 45.4 Å². The molecule has 2 N–H and O–H groups in total. The lowest BCUT2D eigenvalue weighted by Crippen LogP contribution is -2.49. The lowest BCUT2D eigenvalue weighted by Gasteiger charge is -2.33. The van der Waals surface area contributed by atoms with E-state index in [0.29, 0.717) is 24.4 Å². The zero-order valence-corrected chi connectivity index (χ0v) is 18.0. The molecule has 1 aromatic rings. The van der Waals surface area contributed by atoms with Gasteiger partial charge in [-0.2, -0.15) is 0 Å². The highest BCUT2D eigenvalue weighted by molar-refractivity contribution is 9.10. The molecule has 1 aromatic carbocycles. The molecule has 0 radical (unpaired) electrons. The van der Waals surface area contributed by atoms with Crippen LogP contribution in [0.25, 0.3) is 0 Å². The molecule has 1 aliphatic heterocycles. The summed E-state index contributed by atoms with van der Waals surface area (Å²) in [5, 5.41) is 5.38. The third-order valence-electron chi connectivity index (χ3n) is 5.47. The quantitative estimate of drug-likeness (QED) is 0.513. The fraction of sp³-hybridized carbons (Fsp3) is 0.500. The van der Waals surface area contributed by atoms with Crippen LogP contribution in [0.15, 0.2) is 22.7 Å². The summed E-state index contributed by atoms with van der Waals surface area (Å²) >= 11 is 3.38. The van der Waals surface area contributed by atoms with Crippen molar-refractivity contribution in [2.45, 2.75) is 45.1 Å². The first-order valence-corrected chi connectivity index (χ1v) is 10.4. The van der Waals surface area contributed by atoms with Gasteiger partial charge in [-0.15, -0.1) is 0 Å². The number of anilines is 1. The summed E-state index contributed by atoms with van der Waals surface area (Å²) in [6, 6.07) is 4.71. The smallest absolute Gasteiger partial charge is 0.326 e. The lowest BCUT2D eigenvalue weighted by molar-refractivity contribution is -0.150. The van der Waals surface area contributed by atoms with E-state index in [0.717, 1.165) is 27.8 Å². The van der Waals surface area contributed by atoms with Crippen molar-refractivity contribution < 1.29 is 23.9 Å². The van der Waals surface area contributed by atoms with Crippen molar-refractivity contribution in [3.63, 3.8) is 0 Å². The SMILES string of the molecule is Cc1cc(NC(=O)COC(=O)CN2C(=O)NC3(CCC(C)CC3)C2=O)ccc1Br. The van der Waals surface area contributed by atoms with E-state index in [1.807, 2.05) is 6.92 Å². The molecule has 2 fully saturated rings. The normalized spacial score (nSPS) is 23.8. The number of benzene rings is 1. The summed E-state index contributed by atoms with van der Waals surface area (Å²) in [7, 11) is 0. The summed E-state index contributed by atoms with van der Waals surface area (Å²) in [5.74, 6) is -1.19. The van der Waals surface area contributed by atoms with Crippen molar-refractivity contribution in [2.75, 3.05) is 18.5 Å². The largest absolute Gasteiger partial charge is 0.454 e. The molecule has 1 saturated heterocycles. The van der Waals surface area contributed by atoms with Crippen molar-refractivity contribution in [3.8, 4) is 0 Å². The Kier molecular flexibility index (Phi) is 6.26. The molecule has 0 unspecified atom stereocenters. The molecule has 8 nitrogen and oxygen atoms in total. The summed E-state index contributed by atoms with van der Waals surface area (Å²) in [6.45, 7) is 2.99. The predicted molar refractivity (Wildman–Crippen MR) is 109 cm³/mol. The summed E-state index contributed by atoms with van der Waals surface area (Å²) < 4.78 is 5.86. The number of rotatable bonds is 5. The van der Waals surface area contributed by atoms with Gasteiger partial charge in [0.25, 0.3) is 11.8 Å². The molecule has 1 aliphatic carbocycles. The summed E-state index contributed by atoms with van der Waals surface area (Å²) in [6.07, 6.45) is 2.83. The van der Waals surface area contributed by atoms with Crippen molar-refractivity contribution in [1.29, 1.82) is 0 Å². The van der Waals surface area contributed by atoms with E-state index in [4.69, 9.17) is 4.74 Å². The maximum absolute atomic E-state index is 12.7.